The summed E-state index contributed by atoms with van der Waals surface area (Å²) in [5.41, 5.74) is 5.89. The summed E-state index contributed by atoms with van der Waals surface area (Å²) in [6.07, 6.45) is 1.90. The molecule has 70 valence electrons. The lowest BCUT2D eigenvalue weighted by Gasteiger charge is -2.25. The molecule has 13 heavy (non-hydrogen) atoms. The highest BCUT2D eigenvalue weighted by Crippen LogP contribution is 2.53. The number of carbonyl (C=O) groups is 2. The van der Waals surface area contributed by atoms with Gasteiger partial charge in [0.15, 0.2) is 0 Å². The molecule has 0 aromatic carbocycles. The Labute approximate surface area is 75.9 Å². The van der Waals surface area contributed by atoms with Crippen molar-refractivity contribution in [2.24, 2.45) is 29.4 Å². The number of carbonyl (C=O) groups excluding carboxylic acids is 2. The summed E-state index contributed by atoms with van der Waals surface area (Å²) in [5.74, 6) is 0.350. The second-order valence-corrected chi connectivity index (χ2v) is 4.46. The standard InChI is InChI=1S/C9H12N2O2/c10-5-2-3-1-4(5)7-6(3)8(12)11-9(7)13/h3-7H,1-2,10H2,(H,11,12,13). The Balaban J connectivity index is 2.00. The van der Waals surface area contributed by atoms with Gasteiger partial charge in [-0.25, -0.2) is 0 Å². The topological polar surface area (TPSA) is 72.2 Å². The van der Waals surface area contributed by atoms with Crippen LogP contribution in [-0.2, 0) is 9.59 Å². The molecule has 2 aliphatic carbocycles. The number of nitrogens with one attached hydrogen (secondary N) is 1. The molecule has 3 aliphatic rings. The molecule has 4 nitrogen and oxygen atoms in total. The van der Waals surface area contributed by atoms with Crippen LogP contribution in [0.4, 0.5) is 0 Å². The van der Waals surface area contributed by atoms with Crippen LogP contribution >= 0.6 is 0 Å². The quantitative estimate of drug-likeness (QED) is 0.481. The van der Waals surface area contributed by atoms with Gasteiger partial charge in [0.1, 0.15) is 0 Å². The van der Waals surface area contributed by atoms with Crippen molar-refractivity contribution in [2.45, 2.75) is 18.9 Å². The largest absolute Gasteiger partial charge is 0.327 e. The first kappa shape index (κ1) is 7.50. The molecular formula is C9H12N2O2. The lowest BCUT2D eigenvalue weighted by atomic mass is 9.79. The van der Waals surface area contributed by atoms with Gasteiger partial charge in [-0.2, -0.15) is 0 Å². The molecule has 2 amide bonds. The second kappa shape index (κ2) is 2.12. The molecule has 2 saturated carbocycles. The van der Waals surface area contributed by atoms with Crippen LogP contribution in [0.2, 0.25) is 0 Å². The van der Waals surface area contributed by atoms with Gasteiger partial charge in [0.25, 0.3) is 0 Å². The zero-order valence-electron chi connectivity index (χ0n) is 7.19. The summed E-state index contributed by atoms with van der Waals surface area (Å²) in [6, 6.07) is 0.142. The first-order chi connectivity index (χ1) is 6.18. The molecule has 0 radical (unpaired) electrons. The van der Waals surface area contributed by atoms with E-state index in [9.17, 15) is 9.59 Å². The number of imide groups is 1. The molecule has 0 aromatic rings. The Bertz CT molecular complexity index is 302. The number of hydrogen-bond donors (Lipinski definition) is 2. The third-order valence-corrected chi connectivity index (χ3v) is 3.91. The van der Waals surface area contributed by atoms with Gasteiger partial charge in [-0.15, -0.1) is 0 Å². The van der Waals surface area contributed by atoms with Crippen molar-refractivity contribution in [3.05, 3.63) is 0 Å². The lowest BCUT2D eigenvalue weighted by Crippen LogP contribution is -2.38. The van der Waals surface area contributed by atoms with Gasteiger partial charge in [0, 0.05) is 6.04 Å². The minimum atomic E-state index is -0.0961. The average molecular weight is 180 g/mol. The zero-order chi connectivity index (χ0) is 9.16. The zero-order valence-corrected chi connectivity index (χ0v) is 7.19. The Morgan fingerprint density at radius 2 is 1.85 bits per heavy atom. The molecule has 4 heteroatoms. The summed E-state index contributed by atoms with van der Waals surface area (Å²) in [6.45, 7) is 0. The lowest BCUT2D eigenvalue weighted by molar-refractivity contribution is -0.126. The maximum Gasteiger partial charge on any atom is 0.230 e. The molecule has 1 saturated heterocycles. The van der Waals surface area contributed by atoms with Crippen LogP contribution in [0.1, 0.15) is 12.8 Å². The van der Waals surface area contributed by atoms with E-state index in [4.69, 9.17) is 5.73 Å². The third kappa shape index (κ3) is 0.746. The Morgan fingerprint density at radius 3 is 2.62 bits per heavy atom. The molecule has 0 aromatic heterocycles. The van der Waals surface area contributed by atoms with Crippen LogP contribution in [0.15, 0.2) is 0 Å². The molecule has 5 unspecified atom stereocenters. The van der Waals surface area contributed by atoms with E-state index in [0.29, 0.717) is 5.92 Å². The molecular weight excluding hydrogens is 168 g/mol. The van der Waals surface area contributed by atoms with E-state index in [-0.39, 0.29) is 35.6 Å². The van der Waals surface area contributed by atoms with Crippen molar-refractivity contribution in [2.75, 3.05) is 0 Å². The van der Waals surface area contributed by atoms with E-state index in [1.165, 1.54) is 0 Å². The van der Waals surface area contributed by atoms with Crippen molar-refractivity contribution >= 4 is 11.8 Å². The van der Waals surface area contributed by atoms with E-state index < -0.39 is 0 Å². The number of amides is 2. The summed E-state index contributed by atoms with van der Waals surface area (Å²) >= 11 is 0. The highest BCUT2D eigenvalue weighted by molar-refractivity contribution is 6.06. The molecule has 3 N–H and O–H groups in total. The average Bonchev–Trinajstić information content (AvgIpc) is 2.64. The highest BCUT2D eigenvalue weighted by Gasteiger charge is 2.60. The normalized spacial score (nSPS) is 52.5. The fraction of sp³-hybridized carbons (Fsp3) is 0.778. The molecule has 1 heterocycles. The van der Waals surface area contributed by atoms with Crippen LogP contribution in [0, 0.1) is 23.7 Å². The fourth-order valence-electron chi connectivity index (χ4n) is 3.43. The van der Waals surface area contributed by atoms with E-state index >= 15 is 0 Å². The molecule has 1 aliphatic heterocycles. The van der Waals surface area contributed by atoms with Crippen LogP contribution < -0.4 is 11.1 Å². The number of hydrogen-bond acceptors (Lipinski definition) is 3. The van der Waals surface area contributed by atoms with Crippen LogP contribution in [0.3, 0.4) is 0 Å². The van der Waals surface area contributed by atoms with Crippen LogP contribution in [0.25, 0.3) is 0 Å². The minimum absolute atomic E-state index is 0.0442. The van der Waals surface area contributed by atoms with Gasteiger partial charge in [-0.05, 0) is 24.7 Å². The van der Waals surface area contributed by atoms with Gasteiger partial charge in [-0.3, -0.25) is 14.9 Å². The van der Waals surface area contributed by atoms with Gasteiger partial charge >= 0.3 is 0 Å². The third-order valence-electron chi connectivity index (χ3n) is 3.91. The van der Waals surface area contributed by atoms with E-state index in [0.717, 1.165) is 12.8 Å². The monoisotopic (exact) mass is 180 g/mol. The van der Waals surface area contributed by atoms with E-state index in [2.05, 4.69) is 5.32 Å². The molecule has 0 spiro atoms. The van der Waals surface area contributed by atoms with Crippen LogP contribution in [-0.4, -0.2) is 17.9 Å². The number of rotatable bonds is 0. The van der Waals surface area contributed by atoms with Gasteiger partial charge < -0.3 is 5.73 Å². The highest BCUT2D eigenvalue weighted by atomic mass is 16.2. The molecule has 3 fully saturated rings. The second-order valence-electron chi connectivity index (χ2n) is 4.46. The Morgan fingerprint density at radius 1 is 1.15 bits per heavy atom. The van der Waals surface area contributed by atoms with Gasteiger partial charge in [-0.1, -0.05) is 0 Å². The molecule has 3 rings (SSSR count). The number of nitrogens with two attached hydrogens (primary N) is 1. The summed E-state index contributed by atoms with van der Waals surface area (Å²) in [4.78, 5) is 22.8. The maximum atomic E-state index is 11.4. The van der Waals surface area contributed by atoms with E-state index in [1.54, 1.807) is 0 Å². The van der Waals surface area contributed by atoms with Crippen molar-refractivity contribution in [3.63, 3.8) is 0 Å². The predicted molar refractivity (Wildman–Crippen MR) is 44.3 cm³/mol. The fourth-order valence-corrected chi connectivity index (χ4v) is 3.43. The van der Waals surface area contributed by atoms with Crippen molar-refractivity contribution in [1.29, 1.82) is 0 Å². The molecule has 2 bridgehead atoms. The van der Waals surface area contributed by atoms with Crippen molar-refractivity contribution < 1.29 is 9.59 Å². The Kier molecular flexibility index (Phi) is 1.22. The van der Waals surface area contributed by atoms with Crippen LogP contribution in [0.5, 0.6) is 0 Å². The SMILES string of the molecule is NC1CC2CC1C1C(=O)NC(=O)C21. The first-order valence-electron chi connectivity index (χ1n) is 4.79. The van der Waals surface area contributed by atoms with E-state index in [1.807, 2.05) is 0 Å². The van der Waals surface area contributed by atoms with Gasteiger partial charge in [0.2, 0.25) is 11.8 Å². The summed E-state index contributed by atoms with van der Waals surface area (Å²) in [7, 11) is 0. The Hall–Kier alpha value is -0.900. The van der Waals surface area contributed by atoms with Crippen molar-refractivity contribution in [1.82, 2.24) is 5.32 Å². The smallest absolute Gasteiger partial charge is 0.230 e. The van der Waals surface area contributed by atoms with Crippen molar-refractivity contribution in [3.8, 4) is 0 Å². The first-order valence-corrected chi connectivity index (χ1v) is 4.79. The maximum absolute atomic E-state index is 11.4. The summed E-state index contributed by atoms with van der Waals surface area (Å²) < 4.78 is 0. The van der Waals surface area contributed by atoms with Gasteiger partial charge in [0.05, 0.1) is 11.8 Å². The summed E-state index contributed by atoms with van der Waals surface area (Å²) in [5, 5.41) is 2.41. The molecule has 5 atom stereocenters. The number of fused-ring (bicyclic) bond motifs is 5. The minimum Gasteiger partial charge on any atom is -0.327 e. The predicted octanol–water partition coefficient (Wildman–Crippen LogP) is -0.758.